The lowest BCUT2D eigenvalue weighted by molar-refractivity contribution is 0.549. The highest BCUT2D eigenvalue weighted by Crippen LogP contribution is 2.39. The molecule has 3 aromatic carbocycles. The largest absolute Gasteiger partial charge is 0.232 e. The summed E-state index contributed by atoms with van der Waals surface area (Å²) in [7, 11) is 0. The summed E-state index contributed by atoms with van der Waals surface area (Å²) in [6, 6.07) is 23.6. The van der Waals surface area contributed by atoms with Crippen molar-refractivity contribution < 1.29 is 0 Å². The molecule has 0 aliphatic heterocycles. The van der Waals surface area contributed by atoms with Crippen LogP contribution in [0.3, 0.4) is 0 Å². The van der Waals surface area contributed by atoms with Crippen LogP contribution >= 0.6 is 11.3 Å². The highest BCUT2D eigenvalue weighted by Gasteiger charge is 2.22. The third-order valence-electron chi connectivity index (χ3n) is 4.93. The van der Waals surface area contributed by atoms with E-state index in [1.807, 2.05) is 0 Å². The number of benzene rings is 3. The fourth-order valence-electron chi connectivity index (χ4n) is 3.50. The zero-order valence-electron chi connectivity index (χ0n) is 15.7. The Labute approximate surface area is 162 Å². The van der Waals surface area contributed by atoms with E-state index in [1.165, 1.54) is 26.2 Å². The van der Waals surface area contributed by atoms with Crippen LogP contribution in [0.25, 0.3) is 42.3 Å². The molecule has 0 radical (unpaired) electrons. The molecule has 0 atom stereocenters. The summed E-state index contributed by atoms with van der Waals surface area (Å²) in [5.74, 6) is 0.893. The van der Waals surface area contributed by atoms with Crippen molar-refractivity contribution in [2.24, 2.45) is 0 Å². The molecule has 0 saturated carbocycles. The molecule has 2 nitrogen and oxygen atoms in total. The lowest BCUT2D eigenvalue weighted by atomic mass is 9.94. The normalized spacial score (nSPS) is 12.3. The average Bonchev–Trinajstić information content (AvgIpc) is 3.05. The summed E-state index contributed by atoms with van der Waals surface area (Å²) in [5.41, 5.74) is 2.08. The van der Waals surface area contributed by atoms with Crippen molar-refractivity contribution in [3.05, 3.63) is 72.6 Å². The summed E-state index contributed by atoms with van der Waals surface area (Å²) < 4.78 is 1.26. The Morgan fingerprint density at radius 3 is 2.33 bits per heavy atom. The second-order valence-corrected chi connectivity index (χ2v) is 9.02. The maximum absolute atomic E-state index is 5.07. The van der Waals surface area contributed by atoms with Gasteiger partial charge in [-0.2, -0.15) is 0 Å². The molecule has 3 heteroatoms. The van der Waals surface area contributed by atoms with E-state index >= 15 is 0 Å². The Bertz CT molecular complexity index is 1310. The Morgan fingerprint density at radius 1 is 0.778 bits per heavy atom. The number of thiophene rings is 1. The summed E-state index contributed by atoms with van der Waals surface area (Å²) in [6.45, 7) is 6.52. The predicted octanol–water partition coefficient (Wildman–Crippen LogP) is 6.96. The summed E-state index contributed by atoms with van der Waals surface area (Å²) in [5, 5.41) is 4.89. The van der Waals surface area contributed by atoms with Crippen molar-refractivity contribution in [3.63, 3.8) is 0 Å². The van der Waals surface area contributed by atoms with E-state index in [1.54, 1.807) is 11.3 Å². The van der Waals surface area contributed by atoms with Crippen LogP contribution in [-0.2, 0) is 5.41 Å². The SMILES string of the molecule is CC(C)(C)c1nc(-c2ccc3ccccc3c2)c2c(n1)sc1ccccc12. The summed E-state index contributed by atoms with van der Waals surface area (Å²) in [4.78, 5) is 11.1. The second-order valence-electron chi connectivity index (χ2n) is 7.99. The van der Waals surface area contributed by atoms with Crippen molar-refractivity contribution in [2.75, 3.05) is 0 Å². The molecule has 2 aromatic heterocycles. The van der Waals surface area contributed by atoms with Crippen LogP contribution < -0.4 is 0 Å². The minimum Gasteiger partial charge on any atom is -0.232 e. The van der Waals surface area contributed by atoms with Gasteiger partial charge in [0.05, 0.1) is 5.69 Å². The van der Waals surface area contributed by atoms with E-state index in [0.717, 1.165) is 21.9 Å². The molecule has 5 aromatic rings. The first-order chi connectivity index (χ1) is 13.0. The van der Waals surface area contributed by atoms with Gasteiger partial charge in [-0.15, -0.1) is 11.3 Å². The molecule has 0 aliphatic rings. The van der Waals surface area contributed by atoms with Gasteiger partial charge >= 0.3 is 0 Å². The van der Waals surface area contributed by atoms with Crippen LogP contribution in [0.5, 0.6) is 0 Å². The summed E-state index contributed by atoms with van der Waals surface area (Å²) in [6.07, 6.45) is 0. The Kier molecular flexibility index (Phi) is 3.56. The van der Waals surface area contributed by atoms with Crippen molar-refractivity contribution >= 4 is 42.4 Å². The van der Waals surface area contributed by atoms with Crippen molar-refractivity contribution in [3.8, 4) is 11.3 Å². The molecule has 2 heterocycles. The first-order valence-electron chi connectivity index (χ1n) is 9.20. The first-order valence-corrected chi connectivity index (χ1v) is 10.0. The van der Waals surface area contributed by atoms with E-state index in [0.29, 0.717) is 0 Å². The average molecular weight is 369 g/mol. The number of hydrogen-bond donors (Lipinski definition) is 0. The molecule has 0 amide bonds. The van der Waals surface area contributed by atoms with E-state index < -0.39 is 0 Å². The molecular formula is C24H20N2S. The summed E-state index contributed by atoms with van der Waals surface area (Å²) >= 11 is 1.75. The maximum Gasteiger partial charge on any atom is 0.136 e. The molecule has 0 N–H and O–H groups in total. The van der Waals surface area contributed by atoms with Gasteiger partial charge in [0.2, 0.25) is 0 Å². The van der Waals surface area contributed by atoms with Crippen molar-refractivity contribution in [2.45, 2.75) is 26.2 Å². The van der Waals surface area contributed by atoms with Gasteiger partial charge < -0.3 is 0 Å². The van der Waals surface area contributed by atoms with E-state index in [9.17, 15) is 0 Å². The number of nitrogens with zero attached hydrogens (tertiary/aromatic N) is 2. The highest BCUT2D eigenvalue weighted by molar-refractivity contribution is 7.25. The van der Waals surface area contributed by atoms with Crippen LogP contribution in [-0.4, -0.2) is 9.97 Å². The Hall–Kier alpha value is -2.78. The van der Waals surface area contributed by atoms with Gasteiger partial charge in [0.15, 0.2) is 0 Å². The Morgan fingerprint density at radius 2 is 1.52 bits per heavy atom. The molecule has 0 saturated heterocycles. The van der Waals surface area contributed by atoms with E-state index in [4.69, 9.17) is 9.97 Å². The van der Waals surface area contributed by atoms with Crippen molar-refractivity contribution in [1.82, 2.24) is 9.97 Å². The molecule has 132 valence electrons. The van der Waals surface area contributed by atoms with Gasteiger partial charge in [0.1, 0.15) is 10.7 Å². The maximum atomic E-state index is 5.07. The molecular weight excluding hydrogens is 348 g/mol. The van der Waals surface area contributed by atoms with Gasteiger partial charge in [-0.1, -0.05) is 75.4 Å². The second kappa shape index (κ2) is 5.86. The zero-order chi connectivity index (χ0) is 18.6. The molecule has 27 heavy (non-hydrogen) atoms. The fraction of sp³-hybridized carbons (Fsp3) is 0.167. The molecule has 0 bridgehead atoms. The number of fused-ring (bicyclic) bond motifs is 4. The van der Waals surface area contributed by atoms with Gasteiger partial charge in [-0.25, -0.2) is 9.97 Å². The third-order valence-corrected chi connectivity index (χ3v) is 6.00. The minimum atomic E-state index is -0.101. The topological polar surface area (TPSA) is 25.8 Å². The van der Waals surface area contributed by atoms with Crippen molar-refractivity contribution in [1.29, 1.82) is 0 Å². The molecule has 0 unspecified atom stereocenters. The van der Waals surface area contributed by atoms with Crippen LogP contribution in [0.15, 0.2) is 66.7 Å². The quantitative estimate of drug-likeness (QED) is 0.319. The van der Waals surface area contributed by atoms with E-state index in [-0.39, 0.29) is 5.41 Å². The van der Waals surface area contributed by atoms with Gasteiger partial charge in [0.25, 0.3) is 0 Å². The van der Waals surface area contributed by atoms with Gasteiger partial charge in [-0.3, -0.25) is 0 Å². The van der Waals surface area contributed by atoms with Gasteiger partial charge in [0, 0.05) is 26.5 Å². The lowest BCUT2D eigenvalue weighted by Gasteiger charge is -2.18. The lowest BCUT2D eigenvalue weighted by Crippen LogP contribution is -2.16. The predicted molar refractivity (Wildman–Crippen MR) is 117 cm³/mol. The molecule has 5 rings (SSSR count). The van der Waals surface area contributed by atoms with Crippen LogP contribution in [0.2, 0.25) is 0 Å². The zero-order valence-corrected chi connectivity index (χ0v) is 16.5. The smallest absolute Gasteiger partial charge is 0.136 e. The monoisotopic (exact) mass is 368 g/mol. The van der Waals surface area contributed by atoms with E-state index in [2.05, 4.69) is 87.5 Å². The van der Waals surface area contributed by atoms with Crippen LogP contribution in [0, 0.1) is 0 Å². The van der Waals surface area contributed by atoms with Crippen LogP contribution in [0.1, 0.15) is 26.6 Å². The fourth-order valence-corrected chi connectivity index (χ4v) is 4.58. The molecule has 0 fully saturated rings. The third kappa shape index (κ3) is 2.70. The number of aromatic nitrogens is 2. The molecule has 0 aliphatic carbocycles. The number of rotatable bonds is 1. The van der Waals surface area contributed by atoms with Crippen LogP contribution in [0.4, 0.5) is 0 Å². The molecule has 0 spiro atoms. The Balaban J connectivity index is 1.90. The highest BCUT2D eigenvalue weighted by atomic mass is 32.1. The van der Waals surface area contributed by atoms with Gasteiger partial charge in [-0.05, 0) is 22.9 Å². The standard InChI is InChI=1S/C24H20N2S/c1-24(2,3)23-25-21(17-13-12-15-8-4-5-9-16(15)14-17)20-18-10-6-7-11-19(18)27-22(20)26-23/h4-14H,1-3H3. The first kappa shape index (κ1) is 16.4. The minimum absolute atomic E-state index is 0.101. The number of hydrogen-bond acceptors (Lipinski definition) is 3.